The van der Waals surface area contributed by atoms with Crippen LogP contribution >= 0.6 is 0 Å². The number of carbonyl (C=O) groups is 1. The van der Waals surface area contributed by atoms with E-state index in [-0.39, 0.29) is 5.69 Å². The Morgan fingerprint density at radius 1 is 1.32 bits per heavy atom. The van der Waals surface area contributed by atoms with Crippen LogP contribution in [0.15, 0.2) is 30.6 Å². The van der Waals surface area contributed by atoms with Gasteiger partial charge in [0, 0.05) is 22.8 Å². The molecule has 0 aliphatic heterocycles. The number of hydrogen-bond donors (Lipinski definition) is 2. The molecular weight excluding hydrogens is 242 g/mol. The molecule has 0 saturated carbocycles. The number of fused-ring (bicyclic) bond motifs is 1. The molecule has 0 aliphatic rings. The van der Waals surface area contributed by atoms with Gasteiger partial charge in [0.1, 0.15) is 0 Å². The maximum absolute atomic E-state index is 11.4. The van der Waals surface area contributed by atoms with E-state index in [2.05, 4.69) is 20.2 Å². The summed E-state index contributed by atoms with van der Waals surface area (Å²) in [6, 6.07) is 5.64. The molecule has 0 radical (unpaired) electrons. The molecule has 0 bridgehead atoms. The van der Waals surface area contributed by atoms with Gasteiger partial charge in [0.05, 0.1) is 17.4 Å². The molecule has 94 valence electrons. The first-order valence-electron chi connectivity index (χ1n) is 5.72. The van der Waals surface area contributed by atoms with E-state index in [1.54, 1.807) is 12.4 Å². The van der Waals surface area contributed by atoms with Crippen LogP contribution in [0.3, 0.4) is 0 Å². The van der Waals surface area contributed by atoms with E-state index in [0.29, 0.717) is 11.2 Å². The summed E-state index contributed by atoms with van der Waals surface area (Å²) in [5.74, 6) is -0.587. The van der Waals surface area contributed by atoms with Crippen LogP contribution in [0.4, 0.5) is 0 Å². The Labute approximate surface area is 108 Å². The highest BCUT2D eigenvalue weighted by atomic mass is 16.1. The number of carbonyl (C=O) groups excluding carboxylic acids is 1. The van der Waals surface area contributed by atoms with Gasteiger partial charge in [0.2, 0.25) is 0 Å². The van der Waals surface area contributed by atoms with E-state index >= 15 is 0 Å². The normalized spacial score (nSPS) is 10.8. The lowest BCUT2D eigenvalue weighted by atomic mass is 10.1. The lowest BCUT2D eigenvalue weighted by Crippen LogP contribution is -2.14. The maximum atomic E-state index is 11.4. The minimum absolute atomic E-state index is 0.186. The summed E-state index contributed by atoms with van der Waals surface area (Å²) in [6.07, 6.45) is 3.35. The third-order valence-corrected chi connectivity index (χ3v) is 2.87. The van der Waals surface area contributed by atoms with Crippen molar-refractivity contribution in [1.29, 1.82) is 0 Å². The number of aryl methyl sites for hydroxylation is 1. The van der Waals surface area contributed by atoms with Crippen LogP contribution in [0.25, 0.3) is 22.2 Å². The van der Waals surface area contributed by atoms with Crippen molar-refractivity contribution in [2.45, 2.75) is 6.92 Å². The standard InChI is InChI=1S/C13H11N5O/c1-7-2-3-8(5-15-7)10-4-9-6-16-18-11(9)12(17-10)13(14)19/h2-6H,1H3,(H2,14,19)(H,16,18). The number of rotatable bonds is 2. The van der Waals surface area contributed by atoms with Crippen molar-refractivity contribution in [2.24, 2.45) is 5.73 Å². The first-order chi connectivity index (χ1) is 9.15. The summed E-state index contributed by atoms with van der Waals surface area (Å²) < 4.78 is 0. The zero-order valence-corrected chi connectivity index (χ0v) is 10.2. The summed E-state index contributed by atoms with van der Waals surface area (Å²) in [5.41, 5.74) is 8.48. The third-order valence-electron chi connectivity index (χ3n) is 2.87. The molecule has 3 aromatic rings. The Bertz CT molecular complexity index is 760. The van der Waals surface area contributed by atoms with Crippen molar-refractivity contribution in [3.05, 3.63) is 42.0 Å². The summed E-state index contributed by atoms with van der Waals surface area (Å²) >= 11 is 0. The monoisotopic (exact) mass is 253 g/mol. The molecule has 6 heteroatoms. The predicted molar refractivity (Wildman–Crippen MR) is 70.4 cm³/mol. The van der Waals surface area contributed by atoms with Crippen molar-refractivity contribution >= 4 is 16.8 Å². The summed E-state index contributed by atoms with van der Waals surface area (Å²) in [5, 5.41) is 7.42. The fourth-order valence-electron chi connectivity index (χ4n) is 1.90. The van der Waals surface area contributed by atoms with Gasteiger partial charge in [-0.25, -0.2) is 4.98 Å². The van der Waals surface area contributed by atoms with Gasteiger partial charge in [-0.3, -0.25) is 14.9 Å². The number of aromatic nitrogens is 4. The topological polar surface area (TPSA) is 97.6 Å². The van der Waals surface area contributed by atoms with E-state index < -0.39 is 5.91 Å². The first kappa shape index (κ1) is 11.3. The Morgan fingerprint density at radius 2 is 2.16 bits per heavy atom. The molecule has 6 nitrogen and oxygen atoms in total. The lowest BCUT2D eigenvalue weighted by Gasteiger charge is -2.04. The van der Waals surface area contributed by atoms with E-state index in [9.17, 15) is 4.79 Å². The summed E-state index contributed by atoms with van der Waals surface area (Å²) in [7, 11) is 0. The molecule has 0 unspecified atom stereocenters. The summed E-state index contributed by atoms with van der Waals surface area (Å²) in [4.78, 5) is 20.0. The second kappa shape index (κ2) is 4.16. The number of amides is 1. The maximum Gasteiger partial charge on any atom is 0.269 e. The quantitative estimate of drug-likeness (QED) is 0.721. The molecule has 3 aromatic heterocycles. The Morgan fingerprint density at radius 3 is 2.84 bits per heavy atom. The van der Waals surface area contributed by atoms with E-state index in [1.807, 2.05) is 25.1 Å². The lowest BCUT2D eigenvalue weighted by molar-refractivity contribution is 0.0997. The minimum Gasteiger partial charge on any atom is -0.364 e. The fourth-order valence-corrected chi connectivity index (χ4v) is 1.90. The third kappa shape index (κ3) is 1.93. The van der Waals surface area contributed by atoms with Crippen LogP contribution in [0.1, 0.15) is 16.2 Å². The first-order valence-corrected chi connectivity index (χ1v) is 5.72. The molecule has 3 N–H and O–H groups in total. The molecular formula is C13H11N5O. The minimum atomic E-state index is -0.587. The van der Waals surface area contributed by atoms with Crippen LogP contribution in [-0.2, 0) is 0 Å². The molecule has 3 rings (SSSR count). The number of aromatic amines is 1. The number of H-pyrrole nitrogens is 1. The zero-order chi connectivity index (χ0) is 13.4. The van der Waals surface area contributed by atoms with Crippen LogP contribution in [-0.4, -0.2) is 26.1 Å². The van der Waals surface area contributed by atoms with Crippen LogP contribution in [0.5, 0.6) is 0 Å². The van der Waals surface area contributed by atoms with Crippen molar-refractivity contribution in [3.8, 4) is 11.3 Å². The number of nitrogens with zero attached hydrogens (tertiary/aromatic N) is 3. The Hall–Kier alpha value is -2.76. The van der Waals surface area contributed by atoms with E-state index in [4.69, 9.17) is 5.73 Å². The second-order valence-electron chi connectivity index (χ2n) is 4.24. The van der Waals surface area contributed by atoms with Crippen LogP contribution in [0.2, 0.25) is 0 Å². The van der Waals surface area contributed by atoms with Crippen molar-refractivity contribution in [1.82, 2.24) is 20.2 Å². The molecule has 0 aromatic carbocycles. The molecule has 0 aliphatic carbocycles. The average molecular weight is 253 g/mol. The second-order valence-corrected chi connectivity index (χ2v) is 4.24. The Kier molecular flexibility index (Phi) is 2.49. The highest BCUT2D eigenvalue weighted by Crippen LogP contribution is 2.22. The SMILES string of the molecule is Cc1ccc(-c2cc3cn[nH]c3c(C(N)=O)n2)cn1. The smallest absolute Gasteiger partial charge is 0.269 e. The molecule has 19 heavy (non-hydrogen) atoms. The number of primary amides is 1. The van der Waals surface area contributed by atoms with E-state index in [0.717, 1.165) is 16.6 Å². The molecule has 1 amide bonds. The summed E-state index contributed by atoms with van der Waals surface area (Å²) in [6.45, 7) is 1.91. The zero-order valence-electron chi connectivity index (χ0n) is 10.2. The van der Waals surface area contributed by atoms with Gasteiger partial charge in [-0.1, -0.05) is 0 Å². The molecule has 0 spiro atoms. The van der Waals surface area contributed by atoms with Crippen molar-refractivity contribution in [2.75, 3.05) is 0 Å². The highest BCUT2D eigenvalue weighted by Gasteiger charge is 2.13. The van der Waals surface area contributed by atoms with Gasteiger partial charge in [-0.2, -0.15) is 5.10 Å². The predicted octanol–water partition coefficient (Wildman–Crippen LogP) is 1.43. The van der Waals surface area contributed by atoms with Crippen molar-refractivity contribution < 1.29 is 4.79 Å². The Balaban J connectivity index is 2.24. The molecule has 0 atom stereocenters. The van der Waals surface area contributed by atoms with Crippen molar-refractivity contribution in [3.63, 3.8) is 0 Å². The van der Waals surface area contributed by atoms with Gasteiger partial charge in [-0.05, 0) is 25.1 Å². The largest absolute Gasteiger partial charge is 0.364 e. The van der Waals surface area contributed by atoms with Gasteiger partial charge in [0.15, 0.2) is 5.69 Å². The highest BCUT2D eigenvalue weighted by molar-refractivity contribution is 6.03. The van der Waals surface area contributed by atoms with Gasteiger partial charge < -0.3 is 5.73 Å². The van der Waals surface area contributed by atoms with Gasteiger partial charge in [-0.15, -0.1) is 0 Å². The number of hydrogen-bond acceptors (Lipinski definition) is 4. The van der Waals surface area contributed by atoms with Gasteiger partial charge >= 0.3 is 0 Å². The number of nitrogens with two attached hydrogens (primary N) is 1. The van der Waals surface area contributed by atoms with Gasteiger partial charge in [0.25, 0.3) is 5.91 Å². The molecule has 0 fully saturated rings. The van der Waals surface area contributed by atoms with Crippen LogP contribution < -0.4 is 5.73 Å². The number of nitrogens with one attached hydrogen (secondary N) is 1. The van der Waals surface area contributed by atoms with Crippen LogP contribution in [0, 0.1) is 6.92 Å². The fraction of sp³-hybridized carbons (Fsp3) is 0.0769. The van der Waals surface area contributed by atoms with E-state index in [1.165, 1.54) is 0 Å². The number of pyridine rings is 2. The average Bonchev–Trinajstić information content (AvgIpc) is 2.86. The molecule has 3 heterocycles. The molecule has 0 saturated heterocycles.